The van der Waals surface area contributed by atoms with Crippen molar-refractivity contribution in [3.05, 3.63) is 47.8 Å². The number of Topliss-reactive ketones (excluding diaryl/α,β-unsaturated/α-hetero) is 1. The zero-order valence-corrected chi connectivity index (χ0v) is 24.1. The standard InChI is InChI=1S/C24H26N16O4/c1-11-16(31-33-22-18(13(42)7-41)29-9-37(22)3)20(25)39(35-11)14-6-15(28-8-27-14)40-21(26)17(12(2)36-40)32-34-23-19(24(43)44-5)30-10-38(23)4/h6,8-10,41H,7,25-26H2,1-5H3/b33-31+,34-32+. The summed E-state index contributed by atoms with van der Waals surface area (Å²) in [6.45, 7) is 2.63. The van der Waals surface area contributed by atoms with Crippen LogP contribution in [0.5, 0.6) is 0 Å². The summed E-state index contributed by atoms with van der Waals surface area (Å²) in [5.74, 6) is -0.204. The van der Waals surface area contributed by atoms with E-state index in [1.807, 2.05) is 0 Å². The van der Waals surface area contributed by atoms with Crippen molar-refractivity contribution in [3.8, 4) is 11.6 Å². The molecule has 0 fully saturated rings. The average molecular weight is 603 g/mol. The molecule has 44 heavy (non-hydrogen) atoms. The first-order chi connectivity index (χ1) is 21.0. The van der Waals surface area contributed by atoms with Crippen molar-refractivity contribution in [1.82, 2.24) is 48.6 Å². The number of rotatable bonds is 9. The summed E-state index contributed by atoms with van der Waals surface area (Å²) in [7, 11) is 4.52. The number of hydrogen-bond acceptors (Lipinski definition) is 16. The zero-order chi connectivity index (χ0) is 31.7. The maximum absolute atomic E-state index is 12.0. The van der Waals surface area contributed by atoms with Crippen molar-refractivity contribution >= 4 is 46.4 Å². The number of nitrogens with zero attached hydrogens (tertiary/aromatic N) is 14. The fourth-order valence-corrected chi connectivity index (χ4v) is 4.03. The lowest BCUT2D eigenvalue weighted by molar-refractivity contribution is 0.0595. The van der Waals surface area contributed by atoms with Crippen molar-refractivity contribution in [3.63, 3.8) is 0 Å². The highest BCUT2D eigenvalue weighted by atomic mass is 16.5. The number of aliphatic hydroxyl groups excluding tert-OH is 1. The Hall–Kier alpha value is -6.18. The molecule has 0 bridgehead atoms. The minimum absolute atomic E-state index is 0.00627. The quantitative estimate of drug-likeness (QED) is 0.124. The van der Waals surface area contributed by atoms with Gasteiger partial charge in [-0.1, -0.05) is 0 Å². The number of hydrogen-bond donors (Lipinski definition) is 3. The maximum atomic E-state index is 12.0. The molecular weight excluding hydrogens is 576 g/mol. The van der Waals surface area contributed by atoms with Crippen LogP contribution < -0.4 is 11.5 Å². The van der Waals surface area contributed by atoms with Crippen LogP contribution in [0.15, 0.2) is 45.5 Å². The van der Waals surface area contributed by atoms with Crippen LogP contribution >= 0.6 is 0 Å². The number of nitrogen functional groups attached to an aromatic ring is 2. The van der Waals surface area contributed by atoms with E-state index in [0.717, 1.165) is 0 Å². The van der Waals surface area contributed by atoms with Gasteiger partial charge in [-0.25, -0.2) is 24.7 Å². The SMILES string of the molecule is COC(=O)c1ncn(C)c1/N=N/c1c(C)nn(-c2cc(-n3nc(C)c(/N=N/c4c(C(=O)CO)ncn4C)c3N)ncn2)c1N. The van der Waals surface area contributed by atoms with E-state index in [1.54, 1.807) is 34.0 Å². The highest BCUT2D eigenvalue weighted by Crippen LogP contribution is 2.33. The van der Waals surface area contributed by atoms with Crippen molar-refractivity contribution in [1.29, 1.82) is 0 Å². The van der Waals surface area contributed by atoms with Gasteiger partial charge >= 0.3 is 5.97 Å². The van der Waals surface area contributed by atoms with Crippen LogP contribution in [0.25, 0.3) is 11.6 Å². The number of imidazole rings is 2. The van der Waals surface area contributed by atoms with Crippen molar-refractivity contribution in [2.75, 3.05) is 25.2 Å². The van der Waals surface area contributed by atoms with Gasteiger partial charge in [0.25, 0.3) is 0 Å². The van der Waals surface area contributed by atoms with Crippen LogP contribution in [0.1, 0.15) is 32.4 Å². The normalized spacial score (nSPS) is 11.7. The monoisotopic (exact) mass is 602 g/mol. The molecule has 0 amide bonds. The fourth-order valence-electron chi connectivity index (χ4n) is 4.03. The fraction of sp³-hybridized carbons (Fsp3) is 0.250. The van der Waals surface area contributed by atoms with E-state index in [9.17, 15) is 14.7 Å². The summed E-state index contributed by atoms with van der Waals surface area (Å²) in [4.78, 5) is 40.5. The maximum Gasteiger partial charge on any atom is 0.360 e. The molecule has 0 radical (unpaired) electrons. The molecule has 0 aliphatic rings. The smallest absolute Gasteiger partial charge is 0.360 e. The molecule has 5 aromatic rings. The minimum atomic E-state index is -0.722. The molecule has 0 spiro atoms. The molecule has 0 saturated carbocycles. The lowest BCUT2D eigenvalue weighted by atomic mass is 10.3. The van der Waals surface area contributed by atoms with Gasteiger partial charge < -0.3 is 30.4 Å². The molecule has 0 atom stereocenters. The molecule has 226 valence electrons. The third-order valence-electron chi connectivity index (χ3n) is 6.29. The van der Waals surface area contributed by atoms with Gasteiger partial charge in [0, 0.05) is 20.2 Å². The van der Waals surface area contributed by atoms with E-state index in [4.69, 9.17) is 16.2 Å². The number of anilines is 2. The highest BCUT2D eigenvalue weighted by molar-refractivity contribution is 5.98. The number of aliphatic hydroxyl groups is 1. The Balaban J connectivity index is 1.47. The molecule has 0 aliphatic heterocycles. The first kappa shape index (κ1) is 29.3. The Morgan fingerprint density at radius 2 is 1.30 bits per heavy atom. The van der Waals surface area contributed by atoms with E-state index in [0.29, 0.717) is 11.4 Å². The molecule has 0 aromatic carbocycles. The number of ketones is 1. The van der Waals surface area contributed by atoms with Crippen LogP contribution in [-0.2, 0) is 18.8 Å². The van der Waals surface area contributed by atoms with Crippen LogP contribution in [0.4, 0.5) is 34.6 Å². The van der Waals surface area contributed by atoms with E-state index >= 15 is 0 Å². The van der Waals surface area contributed by atoms with Crippen molar-refractivity contribution in [2.45, 2.75) is 13.8 Å². The number of aryl methyl sites for hydroxylation is 4. The Labute approximate surface area is 247 Å². The number of azo groups is 2. The van der Waals surface area contributed by atoms with Gasteiger partial charge in [-0.05, 0) is 13.8 Å². The van der Waals surface area contributed by atoms with Gasteiger partial charge in [-0.3, -0.25) is 4.79 Å². The second-order valence-corrected chi connectivity index (χ2v) is 9.22. The largest absolute Gasteiger partial charge is 0.464 e. The lowest BCUT2D eigenvalue weighted by Gasteiger charge is -2.06. The minimum Gasteiger partial charge on any atom is -0.464 e. The van der Waals surface area contributed by atoms with Gasteiger partial charge in [-0.15, -0.1) is 20.5 Å². The Morgan fingerprint density at radius 3 is 1.77 bits per heavy atom. The summed E-state index contributed by atoms with van der Waals surface area (Å²) in [5.41, 5.74) is 14.0. The number of methoxy groups -OCH3 is 1. The van der Waals surface area contributed by atoms with E-state index < -0.39 is 18.4 Å². The Kier molecular flexibility index (Phi) is 7.73. The molecule has 0 unspecified atom stereocenters. The van der Waals surface area contributed by atoms with Gasteiger partial charge in [0.15, 0.2) is 57.7 Å². The van der Waals surface area contributed by atoms with Gasteiger partial charge in [0.05, 0.1) is 31.2 Å². The molecule has 5 aromatic heterocycles. The number of ether oxygens (including phenoxy) is 1. The van der Waals surface area contributed by atoms with Crippen LogP contribution in [0.3, 0.4) is 0 Å². The lowest BCUT2D eigenvalue weighted by Crippen LogP contribution is -2.09. The van der Waals surface area contributed by atoms with Gasteiger partial charge in [0.2, 0.25) is 5.78 Å². The van der Waals surface area contributed by atoms with Crippen LogP contribution in [0.2, 0.25) is 0 Å². The zero-order valence-electron chi connectivity index (χ0n) is 24.1. The van der Waals surface area contributed by atoms with Crippen molar-refractivity contribution < 1.29 is 19.4 Å². The number of carbonyl (C=O) groups is 2. The number of nitrogens with two attached hydrogens (primary N) is 2. The molecule has 0 aliphatic carbocycles. The number of esters is 1. The first-order valence-electron chi connectivity index (χ1n) is 12.7. The third kappa shape index (κ3) is 5.15. The molecule has 0 saturated heterocycles. The van der Waals surface area contributed by atoms with Crippen LogP contribution in [-0.4, -0.2) is 79.2 Å². The topological polar surface area (TPSA) is 262 Å². The van der Waals surface area contributed by atoms with E-state index in [1.165, 1.54) is 44.6 Å². The molecule has 20 nitrogen and oxygen atoms in total. The third-order valence-corrected chi connectivity index (χ3v) is 6.29. The predicted octanol–water partition coefficient (Wildman–Crippen LogP) is 1.89. The molecule has 5 N–H and O–H groups in total. The van der Waals surface area contributed by atoms with E-state index in [2.05, 4.69) is 50.6 Å². The second kappa shape index (κ2) is 11.6. The summed E-state index contributed by atoms with van der Waals surface area (Å²) in [5, 5.41) is 34.8. The number of aromatic nitrogens is 10. The van der Waals surface area contributed by atoms with Crippen LogP contribution in [0, 0.1) is 13.8 Å². The average Bonchev–Trinajstić information content (AvgIpc) is 3.74. The highest BCUT2D eigenvalue weighted by Gasteiger charge is 2.21. The molecular formula is C24H26N16O4. The second-order valence-electron chi connectivity index (χ2n) is 9.22. The van der Waals surface area contributed by atoms with Crippen molar-refractivity contribution in [2.24, 2.45) is 34.6 Å². The summed E-state index contributed by atoms with van der Waals surface area (Å²) >= 11 is 0. The van der Waals surface area contributed by atoms with E-state index in [-0.39, 0.29) is 57.7 Å². The Bertz CT molecular complexity index is 1820. The summed E-state index contributed by atoms with van der Waals surface area (Å²) in [6.07, 6.45) is 4.07. The first-order valence-corrected chi connectivity index (χ1v) is 12.7. The summed E-state index contributed by atoms with van der Waals surface area (Å²) in [6, 6.07) is 1.54. The Morgan fingerprint density at radius 1 is 0.818 bits per heavy atom. The van der Waals surface area contributed by atoms with Gasteiger partial charge in [-0.2, -0.15) is 19.6 Å². The summed E-state index contributed by atoms with van der Waals surface area (Å²) < 4.78 is 10.4. The molecule has 5 rings (SSSR count). The molecule has 5 heterocycles. The number of carbonyl (C=O) groups excluding carboxylic acids is 2. The van der Waals surface area contributed by atoms with Gasteiger partial charge in [0.1, 0.15) is 12.9 Å². The predicted molar refractivity (Wildman–Crippen MR) is 152 cm³/mol. The molecule has 20 heteroatoms.